The van der Waals surface area contributed by atoms with Crippen molar-refractivity contribution >= 4 is 29.1 Å². The molecule has 0 aromatic heterocycles. The van der Waals surface area contributed by atoms with Gasteiger partial charge in [-0.25, -0.2) is 4.79 Å². The van der Waals surface area contributed by atoms with Crippen molar-refractivity contribution in [3.8, 4) is 5.75 Å². The van der Waals surface area contributed by atoms with Gasteiger partial charge in [0.15, 0.2) is 23.8 Å². The molecule has 1 amide bonds. The van der Waals surface area contributed by atoms with Crippen molar-refractivity contribution < 1.29 is 28.7 Å². The first-order valence-electron chi connectivity index (χ1n) is 10.4. The molecule has 0 aliphatic heterocycles. The molecule has 166 valence electrons. The molecule has 2 unspecified atom stereocenters. The fourth-order valence-electron chi connectivity index (χ4n) is 3.56. The molecule has 7 nitrogen and oxygen atoms in total. The summed E-state index contributed by atoms with van der Waals surface area (Å²) in [6.45, 7) is 2.94. The number of anilines is 1. The van der Waals surface area contributed by atoms with Crippen LogP contribution in [0, 0.1) is 0 Å². The van der Waals surface area contributed by atoms with E-state index in [4.69, 9.17) is 9.47 Å². The lowest BCUT2D eigenvalue weighted by atomic mass is 9.83. The van der Waals surface area contributed by atoms with E-state index in [-0.39, 0.29) is 33.9 Å². The maximum absolute atomic E-state index is 13.1. The average molecular weight is 443 g/mol. The normalized spacial score (nSPS) is 13.9. The predicted molar refractivity (Wildman–Crippen MR) is 120 cm³/mol. The summed E-state index contributed by atoms with van der Waals surface area (Å²) in [7, 11) is 0. The molecule has 1 aliphatic carbocycles. The Bertz CT molecular complexity index is 1250. The number of fused-ring (bicyclic) bond motifs is 2. The van der Waals surface area contributed by atoms with Gasteiger partial charge in [0.1, 0.15) is 5.75 Å². The van der Waals surface area contributed by atoms with Crippen molar-refractivity contribution in [3.63, 3.8) is 0 Å². The minimum Gasteiger partial charge on any atom is -0.479 e. The first-order chi connectivity index (χ1) is 15.9. The van der Waals surface area contributed by atoms with Gasteiger partial charge in [-0.2, -0.15) is 0 Å². The zero-order chi connectivity index (χ0) is 23.5. The molecule has 0 spiro atoms. The van der Waals surface area contributed by atoms with Gasteiger partial charge < -0.3 is 14.8 Å². The molecule has 0 radical (unpaired) electrons. The molecule has 2 atom stereocenters. The number of ketones is 2. The van der Waals surface area contributed by atoms with E-state index in [9.17, 15) is 19.2 Å². The second-order valence-electron chi connectivity index (χ2n) is 7.57. The summed E-state index contributed by atoms with van der Waals surface area (Å²) in [6.07, 6.45) is -2.08. The highest BCUT2D eigenvalue weighted by Gasteiger charge is 2.32. The highest BCUT2D eigenvalue weighted by molar-refractivity contribution is 6.30. The van der Waals surface area contributed by atoms with Gasteiger partial charge >= 0.3 is 5.97 Å². The Balaban J connectivity index is 1.47. The lowest BCUT2D eigenvalue weighted by Gasteiger charge is -2.21. The maximum atomic E-state index is 13.1. The highest BCUT2D eigenvalue weighted by Crippen LogP contribution is 2.32. The van der Waals surface area contributed by atoms with Crippen LogP contribution in [-0.2, 0) is 14.3 Å². The van der Waals surface area contributed by atoms with Crippen LogP contribution in [0.15, 0.2) is 72.8 Å². The van der Waals surface area contributed by atoms with E-state index in [1.165, 1.54) is 19.9 Å². The molecular formula is C26H21NO6. The predicted octanol–water partition coefficient (Wildman–Crippen LogP) is 3.80. The number of para-hydroxylation sites is 1. The fourth-order valence-corrected chi connectivity index (χ4v) is 3.56. The first kappa shape index (κ1) is 22.0. The van der Waals surface area contributed by atoms with Crippen LogP contribution in [-0.4, -0.2) is 35.7 Å². The molecular weight excluding hydrogens is 422 g/mol. The topological polar surface area (TPSA) is 98.8 Å². The largest absolute Gasteiger partial charge is 0.479 e. The van der Waals surface area contributed by atoms with Crippen LogP contribution in [0.1, 0.15) is 45.7 Å². The van der Waals surface area contributed by atoms with Crippen LogP contribution in [0.2, 0.25) is 0 Å². The maximum Gasteiger partial charge on any atom is 0.347 e. The van der Waals surface area contributed by atoms with Gasteiger partial charge in [0.25, 0.3) is 5.91 Å². The Morgan fingerprint density at radius 2 is 1.33 bits per heavy atom. The zero-order valence-corrected chi connectivity index (χ0v) is 18.0. The van der Waals surface area contributed by atoms with Gasteiger partial charge in [0, 0.05) is 16.7 Å². The molecule has 0 fully saturated rings. The molecule has 7 heteroatoms. The van der Waals surface area contributed by atoms with Crippen LogP contribution in [0.4, 0.5) is 5.69 Å². The Hall–Kier alpha value is -4.26. The number of hydrogen-bond acceptors (Lipinski definition) is 6. The average Bonchev–Trinajstić information content (AvgIpc) is 2.83. The van der Waals surface area contributed by atoms with E-state index < -0.39 is 24.1 Å². The van der Waals surface area contributed by atoms with Crippen LogP contribution in [0.5, 0.6) is 5.75 Å². The lowest BCUT2D eigenvalue weighted by molar-refractivity contribution is -0.159. The van der Waals surface area contributed by atoms with Gasteiger partial charge in [-0.05, 0) is 32.0 Å². The van der Waals surface area contributed by atoms with Gasteiger partial charge in [0.2, 0.25) is 0 Å². The number of carbonyl (C=O) groups excluding carboxylic acids is 4. The monoisotopic (exact) mass is 443 g/mol. The van der Waals surface area contributed by atoms with Crippen LogP contribution < -0.4 is 10.1 Å². The number of carbonyl (C=O) groups is 4. The van der Waals surface area contributed by atoms with Crippen LogP contribution in [0.3, 0.4) is 0 Å². The second kappa shape index (κ2) is 9.08. The lowest BCUT2D eigenvalue weighted by Crippen LogP contribution is -2.35. The molecule has 0 heterocycles. The summed E-state index contributed by atoms with van der Waals surface area (Å²) < 4.78 is 10.8. The summed E-state index contributed by atoms with van der Waals surface area (Å²) in [5.74, 6) is -1.49. The smallest absolute Gasteiger partial charge is 0.347 e. The van der Waals surface area contributed by atoms with E-state index in [0.717, 1.165) is 0 Å². The van der Waals surface area contributed by atoms with Crippen molar-refractivity contribution in [2.24, 2.45) is 0 Å². The first-order valence-corrected chi connectivity index (χ1v) is 10.4. The van der Waals surface area contributed by atoms with E-state index in [2.05, 4.69) is 5.32 Å². The number of esters is 1. The summed E-state index contributed by atoms with van der Waals surface area (Å²) >= 11 is 0. The van der Waals surface area contributed by atoms with Gasteiger partial charge in [-0.3, -0.25) is 14.4 Å². The minimum atomic E-state index is -1.16. The van der Waals surface area contributed by atoms with Crippen molar-refractivity contribution in [2.75, 3.05) is 5.32 Å². The molecule has 1 aliphatic rings. The van der Waals surface area contributed by atoms with E-state index in [1.807, 2.05) is 6.07 Å². The molecule has 3 aromatic carbocycles. The third kappa shape index (κ3) is 4.39. The fraction of sp³-hybridized carbons (Fsp3) is 0.154. The number of rotatable bonds is 6. The summed E-state index contributed by atoms with van der Waals surface area (Å²) in [6, 6.07) is 20.0. The van der Waals surface area contributed by atoms with Crippen LogP contribution >= 0.6 is 0 Å². The molecule has 0 saturated carbocycles. The van der Waals surface area contributed by atoms with Gasteiger partial charge in [-0.1, -0.05) is 54.6 Å². The standard InChI is InChI=1S/C26H21NO6/c1-15(33-26(31)16(2)32-17-9-4-3-5-10-17)25(30)27-21-14-8-13-20-22(21)24(29)19-12-7-6-11-18(19)23(20)28/h3-16H,1-2H3,(H,27,30). The number of hydrogen-bond donors (Lipinski definition) is 1. The van der Waals surface area contributed by atoms with Gasteiger partial charge in [0.05, 0.1) is 11.3 Å². The molecule has 33 heavy (non-hydrogen) atoms. The molecule has 4 rings (SSSR count). The van der Waals surface area contributed by atoms with Gasteiger partial charge in [-0.15, -0.1) is 0 Å². The Morgan fingerprint density at radius 1 is 0.727 bits per heavy atom. The summed E-state index contributed by atoms with van der Waals surface area (Å²) in [4.78, 5) is 51.0. The summed E-state index contributed by atoms with van der Waals surface area (Å²) in [5.41, 5.74) is 1.12. The second-order valence-corrected chi connectivity index (χ2v) is 7.57. The third-order valence-electron chi connectivity index (χ3n) is 5.26. The number of amides is 1. The SMILES string of the molecule is CC(OC(=O)C(C)Oc1ccccc1)C(=O)Nc1cccc2c1C(=O)c1ccccc1C2=O. The Morgan fingerprint density at radius 3 is 2.03 bits per heavy atom. The van der Waals surface area contributed by atoms with E-state index >= 15 is 0 Å². The van der Waals surface area contributed by atoms with E-state index in [0.29, 0.717) is 11.3 Å². The van der Waals surface area contributed by atoms with E-state index in [1.54, 1.807) is 60.7 Å². The van der Waals surface area contributed by atoms with Crippen molar-refractivity contribution in [1.29, 1.82) is 0 Å². The quantitative estimate of drug-likeness (QED) is 0.455. The highest BCUT2D eigenvalue weighted by atomic mass is 16.6. The van der Waals surface area contributed by atoms with Crippen LogP contribution in [0.25, 0.3) is 0 Å². The molecule has 1 N–H and O–H groups in total. The molecule has 3 aromatic rings. The van der Waals surface area contributed by atoms with Crippen molar-refractivity contribution in [3.05, 3.63) is 95.1 Å². The van der Waals surface area contributed by atoms with Crippen molar-refractivity contribution in [1.82, 2.24) is 0 Å². The summed E-state index contributed by atoms with van der Waals surface area (Å²) in [5, 5.41) is 2.62. The van der Waals surface area contributed by atoms with Crippen molar-refractivity contribution in [2.45, 2.75) is 26.1 Å². The molecule has 0 saturated heterocycles. The third-order valence-corrected chi connectivity index (χ3v) is 5.26. The number of benzene rings is 3. The Labute approximate surface area is 190 Å². The Kier molecular flexibility index (Phi) is 6.04. The number of ether oxygens (including phenoxy) is 2. The minimum absolute atomic E-state index is 0.119. The number of nitrogens with one attached hydrogen (secondary N) is 1. The molecule has 0 bridgehead atoms. The zero-order valence-electron chi connectivity index (χ0n) is 18.0.